The van der Waals surface area contributed by atoms with E-state index < -0.39 is 6.03 Å². The minimum Gasteiger partial charge on any atom is -0.365 e. The van der Waals surface area contributed by atoms with E-state index in [2.05, 4.69) is 48.0 Å². The van der Waals surface area contributed by atoms with E-state index in [1.54, 1.807) is 23.4 Å². The number of nitrogens with zero attached hydrogens (tertiary/aromatic N) is 10. The van der Waals surface area contributed by atoms with E-state index in [4.69, 9.17) is 21.7 Å². The Morgan fingerprint density at radius 3 is 2.48 bits per heavy atom. The highest BCUT2D eigenvalue weighted by Gasteiger charge is 2.33. The quantitative estimate of drug-likeness (QED) is 0.246. The third kappa shape index (κ3) is 7.68. The summed E-state index contributed by atoms with van der Waals surface area (Å²) in [6.45, 7) is 10.6. The molecule has 2 atom stereocenters. The number of pyridine rings is 2. The molecule has 0 bridgehead atoms. The number of piperidine rings is 2. The van der Waals surface area contributed by atoms with Crippen molar-refractivity contribution in [2.75, 3.05) is 72.4 Å². The summed E-state index contributed by atoms with van der Waals surface area (Å²) in [5, 5.41) is 20.7. The number of carbonyl (C=O) groups is 3. The number of nitrogens with one attached hydrogen (secondary N) is 2. The van der Waals surface area contributed by atoms with Crippen LogP contribution in [0.25, 0.3) is 10.9 Å². The van der Waals surface area contributed by atoms with Crippen LogP contribution in [-0.2, 0) is 4.79 Å². The smallest absolute Gasteiger partial charge is 0.328 e. The molecule has 4 aromatic rings. The molecule has 0 aliphatic carbocycles. The number of piperazine rings is 1. The molecule has 1 aromatic carbocycles. The fourth-order valence-corrected chi connectivity index (χ4v) is 8.90. The summed E-state index contributed by atoms with van der Waals surface area (Å²) in [5.41, 5.74) is 3.66. The van der Waals surface area contributed by atoms with E-state index in [-0.39, 0.29) is 36.5 Å². The Morgan fingerprint density at radius 1 is 0.964 bits per heavy atom. The second-order valence-corrected chi connectivity index (χ2v) is 15.9. The average Bonchev–Trinajstić information content (AvgIpc) is 3.64. The van der Waals surface area contributed by atoms with Gasteiger partial charge in [0, 0.05) is 81.9 Å². The highest BCUT2D eigenvalue weighted by molar-refractivity contribution is 6.32. The number of halogens is 1. The predicted octanol–water partition coefficient (Wildman–Crippen LogP) is 5.48. The molecule has 4 saturated heterocycles. The zero-order valence-electron chi connectivity index (χ0n) is 31.8. The number of anilines is 4. The van der Waals surface area contributed by atoms with Gasteiger partial charge in [-0.1, -0.05) is 11.6 Å². The number of carbonyl (C=O) groups excluding carboxylic acids is 3. The first-order valence-electron chi connectivity index (χ1n) is 19.5. The highest BCUT2D eigenvalue weighted by Crippen LogP contribution is 2.33. The Labute approximate surface area is 331 Å². The molecule has 0 saturated carbocycles. The van der Waals surface area contributed by atoms with Crippen LogP contribution in [0.5, 0.6) is 0 Å². The number of hydrogen-bond acceptors (Lipinski definition) is 10. The molecular weight excluding hydrogens is 732 g/mol. The van der Waals surface area contributed by atoms with Gasteiger partial charge in [0.1, 0.15) is 11.9 Å². The zero-order chi connectivity index (χ0) is 38.9. The number of benzene rings is 1. The maximum atomic E-state index is 13.4. The van der Waals surface area contributed by atoms with Gasteiger partial charge in [0.2, 0.25) is 5.91 Å². The van der Waals surface area contributed by atoms with Crippen molar-refractivity contribution in [3.05, 3.63) is 65.7 Å². The predicted molar refractivity (Wildman–Crippen MR) is 215 cm³/mol. The summed E-state index contributed by atoms with van der Waals surface area (Å²) in [7, 11) is 0. The van der Waals surface area contributed by atoms with Gasteiger partial charge in [0.15, 0.2) is 0 Å². The standard InChI is InChI=1S/C40H47ClN12O3/c1-26-24-52(27(2)23-51(26)32-5-3-29(18-42)34(41)17-32)39(55)46-30-4-6-37(44-19-30)49-14-7-28(8-15-49)25-48-12-9-31(10-13-48)53-36-22-43-21-35(33(36)20-45-53)50-16-11-38(54)47-40(50)56/h3-6,17,19-22,26-28,31H,7-16,23-25H2,1-2H3,(H,46,55)(H,47,54,56)/t26-,27+/m1/s1. The van der Waals surface area contributed by atoms with Gasteiger partial charge >= 0.3 is 12.1 Å². The Balaban J connectivity index is 0.787. The van der Waals surface area contributed by atoms with Crippen LogP contribution in [-0.4, -0.2) is 112 Å². The summed E-state index contributed by atoms with van der Waals surface area (Å²) < 4.78 is 2.07. The van der Waals surface area contributed by atoms with Gasteiger partial charge in [-0.25, -0.2) is 14.6 Å². The van der Waals surface area contributed by atoms with E-state index in [1.807, 2.05) is 48.5 Å². The molecule has 0 spiro atoms. The molecule has 15 nitrogen and oxygen atoms in total. The van der Waals surface area contributed by atoms with E-state index in [9.17, 15) is 19.6 Å². The molecule has 0 radical (unpaired) electrons. The van der Waals surface area contributed by atoms with Crippen molar-refractivity contribution in [3.63, 3.8) is 0 Å². The van der Waals surface area contributed by atoms with Crippen LogP contribution in [0.3, 0.4) is 0 Å². The van der Waals surface area contributed by atoms with Crippen molar-refractivity contribution in [2.24, 2.45) is 5.92 Å². The topological polar surface area (TPSA) is 159 Å². The Kier molecular flexibility index (Phi) is 10.7. The number of aromatic nitrogens is 4. The summed E-state index contributed by atoms with van der Waals surface area (Å²) in [4.78, 5) is 57.3. The van der Waals surface area contributed by atoms with E-state index in [1.165, 1.54) is 0 Å². The van der Waals surface area contributed by atoms with Gasteiger partial charge in [-0.2, -0.15) is 10.4 Å². The van der Waals surface area contributed by atoms with Gasteiger partial charge in [-0.3, -0.25) is 24.7 Å². The molecule has 4 aliphatic rings. The lowest BCUT2D eigenvalue weighted by molar-refractivity contribution is -0.120. The summed E-state index contributed by atoms with van der Waals surface area (Å²) in [5.74, 6) is 1.30. The first kappa shape index (κ1) is 37.5. The summed E-state index contributed by atoms with van der Waals surface area (Å²) >= 11 is 6.31. The van der Waals surface area contributed by atoms with Crippen molar-refractivity contribution < 1.29 is 14.4 Å². The minimum absolute atomic E-state index is 0.0321. The van der Waals surface area contributed by atoms with Gasteiger partial charge in [0.05, 0.1) is 58.3 Å². The fourth-order valence-electron chi connectivity index (χ4n) is 8.69. The van der Waals surface area contributed by atoms with Crippen LogP contribution in [0.2, 0.25) is 5.02 Å². The lowest BCUT2D eigenvalue weighted by atomic mass is 9.94. The maximum absolute atomic E-state index is 13.4. The van der Waals surface area contributed by atoms with Crippen molar-refractivity contribution >= 4 is 63.4 Å². The molecule has 2 N–H and O–H groups in total. The maximum Gasteiger partial charge on any atom is 0.328 e. The first-order valence-corrected chi connectivity index (χ1v) is 19.9. The van der Waals surface area contributed by atoms with Crippen molar-refractivity contribution in [3.8, 4) is 6.07 Å². The van der Waals surface area contributed by atoms with Crippen LogP contribution in [0.15, 0.2) is 55.1 Å². The minimum atomic E-state index is -0.418. The average molecular weight is 779 g/mol. The van der Waals surface area contributed by atoms with Crippen LogP contribution in [0.1, 0.15) is 57.6 Å². The monoisotopic (exact) mass is 778 g/mol. The van der Waals surface area contributed by atoms with Gasteiger partial charge in [-0.05, 0) is 75.8 Å². The van der Waals surface area contributed by atoms with Crippen molar-refractivity contribution in [2.45, 2.75) is 64.1 Å². The van der Waals surface area contributed by atoms with E-state index >= 15 is 0 Å². The normalized spacial score (nSPS) is 21.7. The molecule has 292 valence electrons. The molecule has 4 aliphatic heterocycles. The lowest BCUT2D eigenvalue weighted by Gasteiger charge is -2.45. The van der Waals surface area contributed by atoms with Gasteiger partial charge in [-0.15, -0.1) is 0 Å². The van der Waals surface area contributed by atoms with Crippen LogP contribution >= 0.6 is 11.6 Å². The third-order valence-electron chi connectivity index (χ3n) is 11.9. The van der Waals surface area contributed by atoms with Crippen LogP contribution in [0, 0.1) is 17.2 Å². The SMILES string of the molecule is C[C@@H]1CN(C(=O)Nc2ccc(N3CCC(CN4CCC(n5ncc6c(N7CCC(=O)NC7=O)cncc65)CC4)CC3)nc2)[C@@H](C)CN1c1ccc(C#N)c(Cl)c1. The molecule has 5 amide bonds. The van der Waals surface area contributed by atoms with Gasteiger partial charge < -0.3 is 24.9 Å². The van der Waals surface area contributed by atoms with Crippen LogP contribution in [0.4, 0.5) is 32.5 Å². The molecule has 3 aromatic heterocycles. The molecule has 7 heterocycles. The second-order valence-electron chi connectivity index (χ2n) is 15.5. The number of hydrogen-bond donors (Lipinski definition) is 2. The fraction of sp³-hybridized carbons (Fsp3) is 0.475. The van der Waals surface area contributed by atoms with E-state index in [0.717, 1.165) is 80.8 Å². The Bertz CT molecular complexity index is 2140. The number of fused-ring (bicyclic) bond motifs is 1. The first-order chi connectivity index (χ1) is 27.1. The Morgan fingerprint density at radius 2 is 1.77 bits per heavy atom. The third-order valence-corrected chi connectivity index (χ3v) is 12.2. The molecular formula is C40H47ClN12O3. The summed E-state index contributed by atoms with van der Waals surface area (Å²) in [6.07, 6.45) is 11.5. The van der Waals surface area contributed by atoms with Crippen molar-refractivity contribution in [1.29, 1.82) is 5.26 Å². The van der Waals surface area contributed by atoms with Gasteiger partial charge in [0.25, 0.3) is 0 Å². The number of rotatable bonds is 7. The molecule has 0 unspecified atom stereocenters. The molecule has 8 rings (SSSR count). The summed E-state index contributed by atoms with van der Waals surface area (Å²) in [6, 6.07) is 11.3. The number of urea groups is 2. The molecule has 4 fully saturated rings. The number of nitriles is 1. The Hall–Kier alpha value is -5.46. The number of amides is 5. The molecule has 16 heteroatoms. The molecule has 56 heavy (non-hydrogen) atoms. The second kappa shape index (κ2) is 16.0. The number of imide groups is 1. The zero-order valence-corrected chi connectivity index (χ0v) is 32.5. The largest absolute Gasteiger partial charge is 0.365 e. The van der Waals surface area contributed by atoms with Crippen LogP contribution < -0.4 is 25.3 Å². The number of likely N-dealkylation sites (tertiary alicyclic amines) is 1. The lowest BCUT2D eigenvalue weighted by Crippen LogP contribution is -2.59. The highest BCUT2D eigenvalue weighted by atomic mass is 35.5. The van der Waals surface area contributed by atoms with Crippen molar-refractivity contribution in [1.82, 2.24) is 34.9 Å². The van der Waals surface area contributed by atoms with E-state index in [0.29, 0.717) is 47.5 Å².